The lowest BCUT2D eigenvalue weighted by Gasteiger charge is -2.40. The van der Waals surface area contributed by atoms with Gasteiger partial charge in [-0.1, -0.05) is 62.4 Å². The molecule has 1 aliphatic carbocycles. The maximum absolute atomic E-state index is 13.1. The van der Waals surface area contributed by atoms with Crippen LogP contribution in [0.4, 0.5) is 4.79 Å². The van der Waals surface area contributed by atoms with Crippen LogP contribution in [0.2, 0.25) is 0 Å². The van der Waals surface area contributed by atoms with E-state index in [1.807, 2.05) is 45.0 Å². The smallest absolute Gasteiger partial charge is 0.410 e. The van der Waals surface area contributed by atoms with E-state index in [4.69, 9.17) is 4.74 Å². The number of aliphatic carboxylic acids is 1. The molecule has 0 fully saturated rings. The van der Waals surface area contributed by atoms with Crippen LogP contribution in [0.25, 0.3) is 11.1 Å². The molecule has 0 aromatic heterocycles. The fraction of sp³-hybridized carbons (Fsp3) is 0.417. The van der Waals surface area contributed by atoms with Gasteiger partial charge < -0.3 is 9.84 Å². The first-order chi connectivity index (χ1) is 13.6. The number of hydrogen-bond acceptors (Lipinski definition) is 3. The van der Waals surface area contributed by atoms with Crippen LogP contribution in [-0.4, -0.2) is 40.3 Å². The molecule has 0 saturated carbocycles. The third-order valence-electron chi connectivity index (χ3n) is 5.42. The van der Waals surface area contributed by atoms with Crippen molar-refractivity contribution in [1.29, 1.82) is 0 Å². The quantitative estimate of drug-likeness (QED) is 0.761. The van der Waals surface area contributed by atoms with Crippen LogP contribution >= 0.6 is 0 Å². The molecule has 1 atom stereocenters. The predicted octanol–water partition coefficient (Wildman–Crippen LogP) is 5.15. The van der Waals surface area contributed by atoms with Crippen LogP contribution in [-0.2, 0) is 9.53 Å². The molecule has 0 bridgehead atoms. The Balaban J connectivity index is 1.86. The van der Waals surface area contributed by atoms with Gasteiger partial charge in [0, 0.05) is 11.5 Å². The van der Waals surface area contributed by atoms with Crippen LogP contribution in [0.5, 0.6) is 0 Å². The first-order valence-electron chi connectivity index (χ1n) is 10.00. The Morgan fingerprint density at radius 1 is 1.00 bits per heavy atom. The third-order valence-corrected chi connectivity index (χ3v) is 5.42. The lowest BCUT2D eigenvalue weighted by Crippen LogP contribution is -2.57. The summed E-state index contributed by atoms with van der Waals surface area (Å²) in [6.45, 7) is 9.25. The molecule has 1 aliphatic rings. The Bertz CT molecular complexity index is 868. The summed E-state index contributed by atoms with van der Waals surface area (Å²) in [5.41, 5.74) is 3.88. The molecule has 154 valence electrons. The Morgan fingerprint density at radius 3 is 1.90 bits per heavy atom. The van der Waals surface area contributed by atoms with Crippen LogP contribution in [0.3, 0.4) is 0 Å². The molecule has 1 N–H and O–H groups in total. The van der Waals surface area contributed by atoms with Crippen LogP contribution < -0.4 is 0 Å². The highest BCUT2D eigenvalue weighted by molar-refractivity contribution is 5.81. The average molecular weight is 395 g/mol. The monoisotopic (exact) mass is 395 g/mol. The van der Waals surface area contributed by atoms with E-state index in [9.17, 15) is 14.7 Å². The van der Waals surface area contributed by atoms with Crippen molar-refractivity contribution in [2.75, 3.05) is 6.61 Å². The summed E-state index contributed by atoms with van der Waals surface area (Å²) in [4.78, 5) is 26.3. The fourth-order valence-corrected chi connectivity index (χ4v) is 4.16. The highest BCUT2D eigenvalue weighted by Crippen LogP contribution is 2.44. The number of benzene rings is 2. The van der Waals surface area contributed by atoms with E-state index >= 15 is 0 Å². The van der Waals surface area contributed by atoms with E-state index in [2.05, 4.69) is 24.3 Å². The van der Waals surface area contributed by atoms with Gasteiger partial charge in [0.2, 0.25) is 0 Å². The molecule has 0 unspecified atom stereocenters. The molecule has 0 spiro atoms. The SMILES string of the molecule is CC(C)[C@@H](C(=O)O)N(C(=O)OCC1c2ccccc2-c2ccccc21)C(C)(C)C. The van der Waals surface area contributed by atoms with Crippen molar-refractivity contribution in [3.8, 4) is 11.1 Å². The second-order valence-electron chi connectivity index (χ2n) is 8.87. The maximum Gasteiger partial charge on any atom is 0.410 e. The van der Waals surface area contributed by atoms with E-state index < -0.39 is 23.6 Å². The number of carbonyl (C=O) groups excluding carboxylic acids is 1. The van der Waals surface area contributed by atoms with E-state index in [-0.39, 0.29) is 18.4 Å². The predicted molar refractivity (Wildman–Crippen MR) is 113 cm³/mol. The van der Waals surface area contributed by atoms with Crippen molar-refractivity contribution in [3.63, 3.8) is 0 Å². The zero-order valence-corrected chi connectivity index (χ0v) is 17.7. The number of carboxylic acids is 1. The van der Waals surface area contributed by atoms with Gasteiger partial charge in [0.05, 0.1) is 0 Å². The lowest BCUT2D eigenvalue weighted by molar-refractivity contribution is -0.146. The summed E-state index contributed by atoms with van der Waals surface area (Å²) in [6.07, 6.45) is -0.597. The molecule has 2 aromatic carbocycles. The van der Waals surface area contributed by atoms with E-state index in [1.54, 1.807) is 13.8 Å². The van der Waals surface area contributed by atoms with Crippen molar-refractivity contribution < 1.29 is 19.4 Å². The van der Waals surface area contributed by atoms with Crippen LogP contribution in [0, 0.1) is 5.92 Å². The van der Waals surface area contributed by atoms with E-state index in [1.165, 1.54) is 4.90 Å². The Hall–Kier alpha value is -2.82. The second-order valence-corrected chi connectivity index (χ2v) is 8.87. The number of hydrogen-bond donors (Lipinski definition) is 1. The van der Waals surface area contributed by atoms with E-state index in [0.29, 0.717) is 0 Å². The Morgan fingerprint density at radius 2 is 1.48 bits per heavy atom. The van der Waals surface area contributed by atoms with Gasteiger partial charge in [-0.2, -0.15) is 0 Å². The van der Waals surface area contributed by atoms with Crippen molar-refractivity contribution >= 4 is 12.1 Å². The van der Waals surface area contributed by atoms with Gasteiger partial charge in [-0.25, -0.2) is 9.59 Å². The highest BCUT2D eigenvalue weighted by Gasteiger charge is 2.41. The minimum Gasteiger partial charge on any atom is -0.480 e. The number of amides is 1. The van der Waals surface area contributed by atoms with Gasteiger partial charge >= 0.3 is 12.1 Å². The van der Waals surface area contributed by atoms with Crippen molar-refractivity contribution in [1.82, 2.24) is 4.90 Å². The van der Waals surface area contributed by atoms with Crippen molar-refractivity contribution in [2.24, 2.45) is 5.92 Å². The molecule has 2 aromatic rings. The van der Waals surface area contributed by atoms with Gasteiger partial charge in [0.15, 0.2) is 0 Å². The molecule has 0 radical (unpaired) electrons. The first kappa shape index (κ1) is 20.9. The number of nitrogens with zero attached hydrogens (tertiary/aromatic N) is 1. The van der Waals surface area contributed by atoms with Crippen molar-refractivity contribution in [3.05, 3.63) is 59.7 Å². The number of ether oxygens (including phenoxy) is 1. The van der Waals surface area contributed by atoms with Gasteiger partial charge in [-0.15, -0.1) is 0 Å². The number of fused-ring (bicyclic) bond motifs is 3. The van der Waals surface area contributed by atoms with Gasteiger partial charge in [0.1, 0.15) is 12.6 Å². The molecule has 5 nitrogen and oxygen atoms in total. The molecular formula is C24H29NO4. The normalized spacial score (nSPS) is 14.3. The highest BCUT2D eigenvalue weighted by atomic mass is 16.6. The van der Waals surface area contributed by atoms with Gasteiger partial charge in [-0.05, 0) is 48.9 Å². The number of rotatable bonds is 5. The largest absolute Gasteiger partial charge is 0.480 e. The standard InChI is InChI=1S/C24H29NO4/c1-15(2)21(22(26)27)25(24(3,4)5)23(28)29-14-20-18-12-8-6-10-16(18)17-11-7-9-13-19(17)20/h6-13,15,20-21H,14H2,1-5H3,(H,26,27)/t21-/m0/s1. The van der Waals surface area contributed by atoms with E-state index in [0.717, 1.165) is 22.3 Å². The fourth-order valence-electron chi connectivity index (χ4n) is 4.16. The summed E-state index contributed by atoms with van der Waals surface area (Å²) >= 11 is 0. The molecule has 29 heavy (non-hydrogen) atoms. The molecule has 1 amide bonds. The molecular weight excluding hydrogens is 366 g/mol. The summed E-state index contributed by atoms with van der Waals surface area (Å²) in [6, 6.07) is 15.3. The third kappa shape index (κ3) is 4.00. The summed E-state index contributed by atoms with van der Waals surface area (Å²) in [5.74, 6) is -1.33. The second kappa shape index (κ2) is 7.90. The summed E-state index contributed by atoms with van der Waals surface area (Å²) in [7, 11) is 0. The van der Waals surface area contributed by atoms with Gasteiger partial charge in [-0.3, -0.25) is 4.90 Å². The Kier molecular flexibility index (Phi) is 5.69. The lowest BCUT2D eigenvalue weighted by atomic mass is 9.96. The van der Waals surface area contributed by atoms with Crippen molar-refractivity contribution in [2.45, 2.75) is 52.1 Å². The first-order valence-corrected chi connectivity index (χ1v) is 10.00. The average Bonchev–Trinajstić information content (AvgIpc) is 2.96. The molecule has 0 heterocycles. The zero-order valence-electron chi connectivity index (χ0n) is 17.7. The van der Waals surface area contributed by atoms with Crippen LogP contribution in [0.1, 0.15) is 51.7 Å². The summed E-state index contributed by atoms with van der Waals surface area (Å²) < 4.78 is 5.73. The molecule has 0 aliphatic heterocycles. The van der Waals surface area contributed by atoms with Gasteiger partial charge in [0.25, 0.3) is 0 Å². The molecule has 3 rings (SSSR count). The number of carboxylic acid groups (broad SMARTS) is 1. The molecule has 5 heteroatoms. The maximum atomic E-state index is 13.1. The zero-order chi connectivity index (χ0) is 21.3. The number of carbonyl (C=O) groups is 2. The molecule has 0 saturated heterocycles. The Labute approximate surface area is 172 Å². The summed E-state index contributed by atoms with van der Waals surface area (Å²) in [5, 5.41) is 9.72. The topological polar surface area (TPSA) is 66.8 Å². The minimum atomic E-state index is -1.02. The minimum absolute atomic E-state index is 0.0597. The van der Waals surface area contributed by atoms with Crippen LogP contribution in [0.15, 0.2) is 48.5 Å².